The molecule has 0 aromatic heterocycles. The molecule has 25 heavy (non-hydrogen) atoms. The molecule has 0 aliphatic heterocycles. The minimum Gasteiger partial charge on any atom is -0.479 e. The van der Waals surface area contributed by atoms with E-state index in [1.54, 1.807) is 20.8 Å². The molecule has 0 saturated heterocycles. The van der Waals surface area contributed by atoms with Gasteiger partial charge in [0, 0.05) is 10.9 Å². The lowest BCUT2D eigenvalue weighted by atomic mass is 10.1. The number of alkyl carbamates (subject to hydrolysis) is 1. The number of halogens is 1. The Hall–Kier alpha value is -2.29. The molecule has 1 amide bonds. The van der Waals surface area contributed by atoms with Crippen molar-refractivity contribution < 1.29 is 24.3 Å². The molecule has 1 atom stereocenters. The third-order valence-corrected chi connectivity index (χ3v) is 3.29. The highest BCUT2D eigenvalue weighted by Gasteiger charge is 2.22. The number of hydrogen-bond acceptors (Lipinski definition) is 5. The van der Waals surface area contributed by atoms with Crippen LogP contribution in [0.15, 0.2) is 33.9 Å². The number of rotatable bonds is 7. The van der Waals surface area contributed by atoms with Crippen LogP contribution in [0.2, 0.25) is 0 Å². The number of carbonyl (C=O) groups is 2. The second-order valence-electron chi connectivity index (χ2n) is 6.21. The number of amidine groups is 1. The number of carbonyl (C=O) groups excluding carboxylic acids is 1. The third-order valence-electron chi connectivity index (χ3n) is 2.76. The van der Waals surface area contributed by atoms with Crippen LogP contribution in [0.3, 0.4) is 0 Å². The zero-order chi connectivity index (χ0) is 19.0. The molecule has 0 heterocycles. The number of amides is 1. The number of hydrogen-bond donors (Lipinski definition) is 3. The lowest BCUT2D eigenvalue weighted by Crippen LogP contribution is -2.47. The Bertz CT molecular complexity index is 626. The van der Waals surface area contributed by atoms with E-state index in [-0.39, 0.29) is 5.84 Å². The van der Waals surface area contributed by atoms with Gasteiger partial charge >= 0.3 is 12.1 Å². The number of nitrogens with two attached hydrogens (primary N) is 1. The highest BCUT2D eigenvalue weighted by atomic mass is 79.9. The van der Waals surface area contributed by atoms with Crippen LogP contribution in [0.1, 0.15) is 26.3 Å². The molecule has 0 saturated carbocycles. The smallest absolute Gasteiger partial charge is 0.408 e. The molecule has 0 unspecified atom stereocenters. The first kappa shape index (κ1) is 20.8. The average molecular weight is 416 g/mol. The van der Waals surface area contributed by atoms with Gasteiger partial charge in [0.2, 0.25) is 6.61 Å². The van der Waals surface area contributed by atoms with E-state index in [0.717, 1.165) is 10.0 Å². The monoisotopic (exact) mass is 415 g/mol. The molecule has 1 aromatic carbocycles. The van der Waals surface area contributed by atoms with Crippen LogP contribution in [-0.4, -0.2) is 41.3 Å². The maximum atomic E-state index is 12.0. The Morgan fingerprint density at radius 1 is 1.32 bits per heavy atom. The number of ether oxygens (including phenoxy) is 1. The molecule has 8 nitrogen and oxygen atoms in total. The van der Waals surface area contributed by atoms with Gasteiger partial charge in [-0.2, -0.15) is 0 Å². The van der Waals surface area contributed by atoms with Crippen molar-refractivity contribution in [3.05, 3.63) is 34.3 Å². The third kappa shape index (κ3) is 8.94. The van der Waals surface area contributed by atoms with Crippen molar-refractivity contribution in [2.45, 2.75) is 38.8 Å². The Morgan fingerprint density at radius 2 is 1.92 bits per heavy atom. The molecular weight excluding hydrogens is 394 g/mol. The van der Waals surface area contributed by atoms with E-state index in [0.29, 0.717) is 6.42 Å². The van der Waals surface area contributed by atoms with Gasteiger partial charge in [-0.1, -0.05) is 33.2 Å². The van der Waals surface area contributed by atoms with Crippen molar-refractivity contribution in [3.63, 3.8) is 0 Å². The fourth-order valence-corrected chi connectivity index (χ4v) is 2.03. The summed E-state index contributed by atoms with van der Waals surface area (Å²) in [6, 6.07) is 6.71. The number of aliphatic carboxylic acids is 1. The molecule has 1 rings (SSSR count). The van der Waals surface area contributed by atoms with Gasteiger partial charge in [0.15, 0.2) is 5.84 Å². The highest BCUT2D eigenvalue weighted by molar-refractivity contribution is 9.10. The summed E-state index contributed by atoms with van der Waals surface area (Å²) in [4.78, 5) is 27.1. The molecule has 0 fully saturated rings. The van der Waals surface area contributed by atoms with E-state index in [4.69, 9.17) is 15.6 Å². The summed E-state index contributed by atoms with van der Waals surface area (Å²) in [5, 5.41) is 14.8. The summed E-state index contributed by atoms with van der Waals surface area (Å²) in [6.45, 7) is 4.59. The van der Waals surface area contributed by atoms with Gasteiger partial charge in [-0.25, -0.2) is 9.59 Å². The number of carboxylic acids is 1. The van der Waals surface area contributed by atoms with Crippen molar-refractivity contribution in [2.75, 3.05) is 6.61 Å². The first-order chi connectivity index (χ1) is 11.6. The average Bonchev–Trinajstić information content (AvgIpc) is 2.46. The number of nitrogens with one attached hydrogen (secondary N) is 1. The van der Waals surface area contributed by atoms with Crippen molar-refractivity contribution in [2.24, 2.45) is 10.9 Å². The van der Waals surface area contributed by atoms with Gasteiger partial charge in [0.25, 0.3) is 0 Å². The fraction of sp³-hybridized carbons (Fsp3) is 0.438. The summed E-state index contributed by atoms with van der Waals surface area (Å²) in [5.41, 5.74) is 6.07. The highest BCUT2D eigenvalue weighted by Crippen LogP contribution is 2.13. The number of nitrogens with zero attached hydrogens (tertiary/aromatic N) is 1. The van der Waals surface area contributed by atoms with Crippen molar-refractivity contribution in [1.29, 1.82) is 0 Å². The van der Waals surface area contributed by atoms with Crippen LogP contribution in [0.4, 0.5) is 4.79 Å². The van der Waals surface area contributed by atoms with Crippen LogP contribution in [0.5, 0.6) is 0 Å². The summed E-state index contributed by atoms with van der Waals surface area (Å²) in [7, 11) is 0. The maximum Gasteiger partial charge on any atom is 0.408 e. The Balaban J connectivity index is 2.86. The van der Waals surface area contributed by atoms with Crippen LogP contribution in [-0.2, 0) is 20.8 Å². The minimum atomic E-state index is -1.18. The van der Waals surface area contributed by atoms with E-state index in [1.165, 1.54) is 0 Å². The Labute approximate surface area is 154 Å². The molecule has 1 aromatic rings. The van der Waals surface area contributed by atoms with E-state index in [1.807, 2.05) is 24.3 Å². The van der Waals surface area contributed by atoms with E-state index in [9.17, 15) is 9.59 Å². The summed E-state index contributed by atoms with van der Waals surface area (Å²) in [5.74, 6) is -1.24. The molecule has 0 aliphatic rings. The minimum absolute atomic E-state index is 0.0602. The van der Waals surface area contributed by atoms with Gasteiger partial charge < -0.3 is 25.7 Å². The molecule has 138 valence electrons. The van der Waals surface area contributed by atoms with E-state index >= 15 is 0 Å². The number of benzene rings is 1. The molecule has 0 bridgehead atoms. The van der Waals surface area contributed by atoms with E-state index < -0.39 is 30.3 Å². The molecule has 0 radical (unpaired) electrons. The number of oxime groups is 1. The lowest BCUT2D eigenvalue weighted by molar-refractivity contribution is -0.142. The maximum absolute atomic E-state index is 12.0. The van der Waals surface area contributed by atoms with Gasteiger partial charge in [-0.15, -0.1) is 0 Å². The van der Waals surface area contributed by atoms with Gasteiger partial charge in [0.1, 0.15) is 5.60 Å². The predicted octanol–water partition coefficient (Wildman–Crippen LogP) is 2.26. The SMILES string of the molecule is CC(C)(C)OC(=O)N[C@@H](Cc1ccc(Br)cc1)/C(N)=N/OCC(=O)O. The molecule has 9 heteroatoms. The predicted molar refractivity (Wildman–Crippen MR) is 96.2 cm³/mol. The zero-order valence-electron chi connectivity index (χ0n) is 14.3. The fourth-order valence-electron chi connectivity index (χ4n) is 1.76. The molecule has 0 aliphatic carbocycles. The number of carboxylic acid groups (broad SMARTS) is 1. The largest absolute Gasteiger partial charge is 0.479 e. The van der Waals surface area contributed by atoms with Crippen molar-refractivity contribution >= 4 is 33.8 Å². The quantitative estimate of drug-likeness (QED) is 0.356. The van der Waals surface area contributed by atoms with Gasteiger partial charge in [0.05, 0.1) is 6.04 Å². The van der Waals surface area contributed by atoms with Crippen LogP contribution in [0, 0.1) is 0 Å². The molecular formula is C16H22BrN3O5. The molecule has 4 N–H and O–H groups in total. The van der Waals surface area contributed by atoms with Crippen LogP contribution >= 0.6 is 15.9 Å². The second-order valence-corrected chi connectivity index (χ2v) is 7.13. The van der Waals surface area contributed by atoms with Crippen molar-refractivity contribution in [3.8, 4) is 0 Å². The Kier molecular flexibility index (Phi) is 7.69. The first-order valence-corrected chi connectivity index (χ1v) is 8.27. The van der Waals surface area contributed by atoms with Crippen LogP contribution in [0.25, 0.3) is 0 Å². The lowest BCUT2D eigenvalue weighted by Gasteiger charge is -2.23. The summed E-state index contributed by atoms with van der Waals surface area (Å²) in [6.07, 6.45) is -0.329. The molecule has 0 spiro atoms. The normalized spacial score (nSPS) is 13.0. The standard InChI is InChI=1S/C16H22BrN3O5/c1-16(2,3)25-15(23)19-12(14(18)20-24-9-13(21)22)8-10-4-6-11(17)7-5-10/h4-7,12H,8-9H2,1-3H3,(H2,18,20)(H,19,23)(H,21,22)/t12-/m0/s1. The van der Waals surface area contributed by atoms with Crippen molar-refractivity contribution in [1.82, 2.24) is 5.32 Å². The van der Waals surface area contributed by atoms with Gasteiger partial charge in [-0.3, -0.25) is 0 Å². The van der Waals surface area contributed by atoms with E-state index in [2.05, 4.69) is 31.2 Å². The van der Waals surface area contributed by atoms with Crippen LogP contribution < -0.4 is 11.1 Å². The topological polar surface area (TPSA) is 123 Å². The van der Waals surface area contributed by atoms with Gasteiger partial charge in [-0.05, 0) is 38.5 Å². The first-order valence-electron chi connectivity index (χ1n) is 7.48. The summed E-state index contributed by atoms with van der Waals surface area (Å²) >= 11 is 3.35. The Morgan fingerprint density at radius 3 is 2.44 bits per heavy atom. The second kappa shape index (κ2) is 9.26. The zero-order valence-corrected chi connectivity index (χ0v) is 15.9. The summed E-state index contributed by atoms with van der Waals surface area (Å²) < 4.78 is 6.13.